The second kappa shape index (κ2) is 8.16. The summed E-state index contributed by atoms with van der Waals surface area (Å²) in [6.07, 6.45) is 0.795. The number of nitrogens with zero attached hydrogens (tertiary/aromatic N) is 1. The average Bonchev–Trinajstić information content (AvgIpc) is 2.44. The Hall–Kier alpha value is -2.08. The normalized spacial score (nSPS) is 10.1. The van der Waals surface area contributed by atoms with Gasteiger partial charge < -0.3 is 20.5 Å². The fourth-order valence-electron chi connectivity index (χ4n) is 1.78. The zero-order valence-corrected chi connectivity index (χ0v) is 11.5. The van der Waals surface area contributed by atoms with Crippen LogP contribution in [0, 0.1) is 0 Å². The van der Waals surface area contributed by atoms with Crippen LogP contribution in [0.2, 0.25) is 0 Å². The highest BCUT2D eigenvalue weighted by Crippen LogP contribution is 2.17. The molecule has 0 fully saturated rings. The van der Waals surface area contributed by atoms with Gasteiger partial charge in [0.05, 0.1) is 12.2 Å². The average molecular weight is 280 g/mol. The number of amides is 2. The van der Waals surface area contributed by atoms with E-state index in [0.717, 1.165) is 6.42 Å². The first-order chi connectivity index (χ1) is 9.60. The summed E-state index contributed by atoms with van der Waals surface area (Å²) in [5, 5.41) is 8.92. The summed E-state index contributed by atoms with van der Waals surface area (Å²) in [6.45, 7) is 2.49. The third kappa shape index (κ3) is 4.55. The summed E-state index contributed by atoms with van der Waals surface area (Å²) in [7, 11) is 0. The molecule has 0 spiro atoms. The van der Waals surface area contributed by atoms with Crippen molar-refractivity contribution in [3.05, 3.63) is 29.8 Å². The van der Waals surface area contributed by atoms with E-state index in [0.29, 0.717) is 6.54 Å². The monoisotopic (exact) mass is 280 g/mol. The smallest absolute Gasteiger partial charge is 0.260 e. The van der Waals surface area contributed by atoms with Crippen molar-refractivity contribution in [1.82, 2.24) is 4.90 Å². The van der Waals surface area contributed by atoms with Crippen LogP contribution in [0.15, 0.2) is 24.3 Å². The number of hydrogen-bond acceptors (Lipinski definition) is 4. The van der Waals surface area contributed by atoms with Gasteiger partial charge in [-0.2, -0.15) is 0 Å². The SMILES string of the molecule is CCCN(CCO)C(=O)COc1ccccc1C(N)=O. The van der Waals surface area contributed by atoms with Crippen LogP contribution in [0.3, 0.4) is 0 Å². The van der Waals surface area contributed by atoms with Crippen molar-refractivity contribution in [3.8, 4) is 5.75 Å². The van der Waals surface area contributed by atoms with Crippen LogP contribution < -0.4 is 10.5 Å². The first-order valence-electron chi connectivity index (χ1n) is 6.50. The molecule has 20 heavy (non-hydrogen) atoms. The van der Waals surface area contributed by atoms with Crippen molar-refractivity contribution in [2.45, 2.75) is 13.3 Å². The van der Waals surface area contributed by atoms with Gasteiger partial charge in [0.1, 0.15) is 5.75 Å². The molecule has 0 bridgehead atoms. The van der Waals surface area contributed by atoms with Crippen LogP contribution in [-0.2, 0) is 4.79 Å². The standard InChI is InChI=1S/C14H20N2O4/c1-2-7-16(8-9-17)13(18)10-20-12-6-4-3-5-11(12)14(15)19/h3-6,17H,2,7-10H2,1H3,(H2,15,19). The van der Waals surface area contributed by atoms with Crippen molar-refractivity contribution >= 4 is 11.8 Å². The molecule has 1 aromatic carbocycles. The van der Waals surface area contributed by atoms with Crippen LogP contribution in [-0.4, -0.2) is 48.1 Å². The molecule has 1 aromatic rings. The molecule has 1 rings (SSSR count). The predicted molar refractivity (Wildman–Crippen MR) is 74.4 cm³/mol. The Bertz CT molecular complexity index is 456. The maximum absolute atomic E-state index is 12.0. The number of carbonyl (C=O) groups excluding carboxylic acids is 2. The molecule has 0 aliphatic heterocycles. The molecule has 110 valence electrons. The lowest BCUT2D eigenvalue weighted by Crippen LogP contribution is -2.37. The van der Waals surface area contributed by atoms with Gasteiger partial charge in [0.2, 0.25) is 0 Å². The number of ether oxygens (including phenoxy) is 1. The second-order valence-corrected chi connectivity index (χ2v) is 4.25. The molecule has 0 atom stereocenters. The summed E-state index contributed by atoms with van der Waals surface area (Å²) in [6, 6.07) is 6.50. The Morgan fingerprint density at radius 2 is 2.00 bits per heavy atom. The van der Waals surface area contributed by atoms with Gasteiger partial charge in [-0.1, -0.05) is 19.1 Å². The molecular weight excluding hydrogens is 260 g/mol. The number of benzene rings is 1. The van der Waals surface area contributed by atoms with E-state index < -0.39 is 5.91 Å². The number of aliphatic hydroxyl groups excluding tert-OH is 1. The van der Waals surface area contributed by atoms with Gasteiger partial charge in [-0.05, 0) is 18.6 Å². The molecule has 6 heteroatoms. The van der Waals surface area contributed by atoms with E-state index in [1.165, 1.54) is 4.90 Å². The number of primary amides is 1. The zero-order valence-electron chi connectivity index (χ0n) is 11.5. The molecule has 3 N–H and O–H groups in total. The molecule has 0 saturated carbocycles. The number of para-hydroxylation sites is 1. The van der Waals surface area contributed by atoms with Gasteiger partial charge in [0, 0.05) is 13.1 Å². The van der Waals surface area contributed by atoms with E-state index in [1.54, 1.807) is 24.3 Å². The largest absolute Gasteiger partial charge is 0.483 e. The summed E-state index contributed by atoms with van der Waals surface area (Å²) in [4.78, 5) is 24.7. The van der Waals surface area contributed by atoms with Crippen molar-refractivity contribution in [2.75, 3.05) is 26.3 Å². The molecule has 0 aromatic heterocycles. The Labute approximate surface area is 118 Å². The van der Waals surface area contributed by atoms with Crippen LogP contribution >= 0.6 is 0 Å². The minimum Gasteiger partial charge on any atom is -0.483 e. The lowest BCUT2D eigenvalue weighted by molar-refractivity contribution is -0.133. The Morgan fingerprint density at radius 3 is 2.60 bits per heavy atom. The molecule has 0 aliphatic carbocycles. The van der Waals surface area contributed by atoms with Gasteiger partial charge in [-0.15, -0.1) is 0 Å². The van der Waals surface area contributed by atoms with Crippen LogP contribution in [0.25, 0.3) is 0 Å². The van der Waals surface area contributed by atoms with Gasteiger partial charge in [0.15, 0.2) is 6.61 Å². The van der Waals surface area contributed by atoms with Crippen LogP contribution in [0.5, 0.6) is 5.75 Å². The van der Waals surface area contributed by atoms with Crippen molar-refractivity contribution in [2.24, 2.45) is 5.73 Å². The maximum Gasteiger partial charge on any atom is 0.260 e. The molecule has 0 aliphatic rings. The van der Waals surface area contributed by atoms with Crippen LogP contribution in [0.1, 0.15) is 23.7 Å². The van der Waals surface area contributed by atoms with Gasteiger partial charge in [-0.25, -0.2) is 0 Å². The van der Waals surface area contributed by atoms with E-state index in [-0.39, 0.29) is 37.0 Å². The van der Waals surface area contributed by atoms with Gasteiger partial charge >= 0.3 is 0 Å². The minimum absolute atomic E-state index is 0.0936. The van der Waals surface area contributed by atoms with Crippen molar-refractivity contribution < 1.29 is 19.4 Å². The van der Waals surface area contributed by atoms with E-state index >= 15 is 0 Å². The number of aliphatic hydroxyl groups is 1. The molecule has 6 nitrogen and oxygen atoms in total. The van der Waals surface area contributed by atoms with E-state index in [1.807, 2.05) is 6.92 Å². The Morgan fingerprint density at radius 1 is 1.30 bits per heavy atom. The van der Waals surface area contributed by atoms with Crippen molar-refractivity contribution in [1.29, 1.82) is 0 Å². The fraction of sp³-hybridized carbons (Fsp3) is 0.429. The predicted octanol–water partition coefficient (Wildman–Crippen LogP) is 0.395. The topological polar surface area (TPSA) is 92.9 Å². The highest BCUT2D eigenvalue weighted by molar-refractivity contribution is 5.95. The molecule has 0 saturated heterocycles. The molecular formula is C14H20N2O4. The number of carbonyl (C=O) groups is 2. The number of hydrogen-bond donors (Lipinski definition) is 2. The molecule has 0 heterocycles. The third-order valence-electron chi connectivity index (χ3n) is 2.72. The first kappa shape index (κ1) is 16.0. The summed E-state index contributed by atoms with van der Waals surface area (Å²) in [5.74, 6) is -0.553. The lowest BCUT2D eigenvalue weighted by Gasteiger charge is -2.21. The summed E-state index contributed by atoms with van der Waals surface area (Å²) in [5.41, 5.74) is 5.47. The summed E-state index contributed by atoms with van der Waals surface area (Å²) >= 11 is 0. The Balaban J connectivity index is 2.66. The zero-order chi connectivity index (χ0) is 15.0. The Kier molecular flexibility index (Phi) is 6.52. The van der Waals surface area contributed by atoms with E-state index in [9.17, 15) is 9.59 Å². The van der Waals surface area contributed by atoms with Gasteiger partial charge in [-0.3, -0.25) is 9.59 Å². The van der Waals surface area contributed by atoms with Crippen LogP contribution in [0.4, 0.5) is 0 Å². The van der Waals surface area contributed by atoms with Crippen molar-refractivity contribution in [3.63, 3.8) is 0 Å². The lowest BCUT2D eigenvalue weighted by atomic mass is 10.2. The second-order valence-electron chi connectivity index (χ2n) is 4.25. The van der Waals surface area contributed by atoms with E-state index in [4.69, 9.17) is 15.6 Å². The highest BCUT2D eigenvalue weighted by Gasteiger charge is 2.14. The molecule has 0 unspecified atom stereocenters. The summed E-state index contributed by atoms with van der Waals surface area (Å²) < 4.78 is 5.36. The quantitative estimate of drug-likeness (QED) is 0.720. The minimum atomic E-state index is -0.603. The molecule has 0 radical (unpaired) electrons. The maximum atomic E-state index is 12.0. The third-order valence-corrected chi connectivity index (χ3v) is 2.72. The first-order valence-corrected chi connectivity index (χ1v) is 6.50. The van der Waals surface area contributed by atoms with Gasteiger partial charge in [0.25, 0.3) is 11.8 Å². The fourth-order valence-corrected chi connectivity index (χ4v) is 1.78. The van der Waals surface area contributed by atoms with E-state index in [2.05, 4.69) is 0 Å². The molecule has 2 amide bonds. The number of rotatable bonds is 8. The number of nitrogens with two attached hydrogens (primary N) is 1. The highest BCUT2D eigenvalue weighted by atomic mass is 16.5.